The van der Waals surface area contributed by atoms with Gasteiger partial charge in [-0.3, -0.25) is 0 Å². The molecule has 0 unspecified atom stereocenters. The van der Waals surface area contributed by atoms with Crippen molar-refractivity contribution in [2.24, 2.45) is 0 Å². The van der Waals surface area contributed by atoms with Crippen LogP contribution < -0.4 is 0 Å². The zero-order chi connectivity index (χ0) is 15.8. The van der Waals surface area contributed by atoms with E-state index in [4.69, 9.17) is 0 Å². The molecule has 2 aromatic heterocycles. The SMILES string of the molecule is CN(C)CCn1ccc2ccc(-c3ccc4nc[nH]c4c3)cc21. The van der Waals surface area contributed by atoms with E-state index in [0.29, 0.717) is 0 Å². The van der Waals surface area contributed by atoms with E-state index >= 15 is 0 Å². The molecule has 1 N–H and O–H groups in total. The van der Waals surface area contributed by atoms with Gasteiger partial charge in [-0.15, -0.1) is 0 Å². The van der Waals surface area contributed by atoms with E-state index in [9.17, 15) is 0 Å². The number of likely N-dealkylation sites (N-methyl/N-ethyl adjacent to an activating group) is 1. The van der Waals surface area contributed by atoms with Crippen molar-refractivity contribution in [2.75, 3.05) is 20.6 Å². The lowest BCUT2D eigenvalue weighted by Gasteiger charge is -2.12. The third-order valence-electron chi connectivity index (χ3n) is 4.32. The lowest BCUT2D eigenvalue weighted by atomic mass is 10.0. The minimum Gasteiger partial charge on any atom is -0.346 e. The smallest absolute Gasteiger partial charge is 0.0931 e. The first-order valence-electron chi connectivity index (χ1n) is 7.88. The third kappa shape index (κ3) is 2.62. The lowest BCUT2D eigenvalue weighted by molar-refractivity contribution is 0.387. The van der Waals surface area contributed by atoms with Gasteiger partial charge in [0.05, 0.1) is 17.4 Å². The zero-order valence-corrected chi connectivity index (χ0v) is 13.5. The fraction of sp³-hybridized carbons (Fsp3) is 0.211. The van der Waals surface area contributed by atoms with Gasteiger partial charge < -0.3 is 14.5 Å². The first-order valence-corrected chi connectivity index (χ1v) is 7.88. The average Bonchev–Trinajstić information content (AvgIpc) is 3.18. The van der Waals surface area contributed by atoms with Crippen LogP contribution in [0.15, 0.2) is 55.0 Å². The predicted octanol–water partition coefficient (Wildman–Crippen LogP) is 3.75. The number of fused-ring (bicyclic) bond motifs is 2. The highest BCUT2D eigenvalue weighted by Gasteiger charge is 2.06. The maximum Gasteiger partial charge on any atom is 0.0931 e. The number of rotatable bonds is 4. The number of nitrogens with zero attached hydrogens (tertiary/aromatic N) is 3. The molecule has 0 saturated heterocycles. The second kappa shape index (κ2) is 5.56. The molecule has 23 heavy (non-hydrogen) atoms. The summed E-state index contributed by atoms with van der Waals surface area (Å²) < 4.78 is 2.33. The Balaban J connectivity index is 1.76. The second-order valence-electron chi connectivity index (χ2n) is 6.22. The van der Waals surface area contributed by atoms with Gasteiger partial charge >= 0.3 is 0 Å². The van der Waals surface area contributed by atoms with Crippen molar-refractivity contribution < 1.29 is 0 Å². The number of imidazole rings is 1. The van der Waals surface area contributed by atoms with Crippen LogP contribution in [0.4, 0.5) is 0 Å². The average molecular weight is 304 g/mol. The molecule has 0 atom stereocenters. The first-order chi connectivity index (χ1) is 11.2. The molecular formula is C19H20N4. The molecule has 0 fully saturated rings. The minimum atomic E-state index is 1.000. The van der Waals surface area contributed by atoms with Crippen LogP contribution >= 0.6 is 0 Å². The van der Waals surface area contributed by atoms with Crippen molar-refractivity contribution in [1.82, 2.24) is 19.4 Å². The molecule has 0 saturated carbocycles. The molecule has 2 heterocycles. The van der Waals surface area contributed by atoms with Crippen molar-refractivity contribution in [2.45, 2.75) is 6.54 Å². The van der Waals surface area contributed by atoms with Gasteiger partial charge in [-0.2, -0.15) is 0 Å². The third-order valence-corrected chi connectivity index (χ3v) is 4.32. The number of benzene rings is 2. The number of hydrogen-bond donors (Lipinski definition) is 1. The minimum absolute atomic E-state index is 1.000. The Labute approximate surface area is 135 Å². The van der Waals surface area contributed by atoms with Crippen LogP contribution in [0, 0.1) is 0 Å². The molecule has 0 spiro atoms. The summed E-state index contributed by atoms with van der Waals surface area (Å²) >= 11 is 0. The number of H-pyrrole nitrogens is 1. The molecular weight excluding hydrogens is 284 g/mol. The highest BCUT2D eigenvalue weighted by molar-refractivity contribution is 5.88. The van der Waals surface area contributed by atoms with Crippen molar-refractivity contribution in [1.29, 1.82) is 0 Å². The van der Waals surface area contributed by atoms with E-state index in [0.717, 1.165) is 24.1 Å². The summed E-state index contributed by atoms with van der Waals surface area (Å²) in [5.74, 6) is 0. The van der Waals surface area contributed by atoms with Crippen LogP contribution in [0.1, 0.15) is 0 Å². The predicted molar refractivity (Wildman–Crippen MR) is 95.6 cm³/mol. The highest BCUT2D eigenvalue weighted by atomic mass is 15.1. The molecule has 0 aliphatic carbocycles. The molecule has 4 rings (SSSR count). The largest absolute Gasteiger partial charge is 0.346 e. The Morgan fingerprint density at radius 1 is 1.04 bits per heavy atom. The van der Waals surface area contributed by atoms with Gasteiger partial charge in [0.25, 0.3) is 0 Å². The molecule has 0 amide bonds. The molecule has 4 nitrogen and oxygen atoms in total. The Morgan fingerprint density at radius 3 is 2.74 bits per heavy atom. The van der Waals surface area contributed by atoms with Crippen molar-refractivity contribution in [3.8, 4) is 11.1 Å². The lowest BCUT2D eigenvalue weighted by Crippen LogP contribution is -2.17. The molecule has 0 radical (unpaired) electrons. The summed E-state index contributed by atoms with van der Waals surface area (Å²) in [4.78, 5) is 9.68. The Morgan fingerprint density at radius 2 is 1.87 bits per heavy atom. The van der Waals surface area contributed by atoms with Crippen molar-refractivity contribution >= 4 is 21.9 Å². The fourth-order valence-corrected chi connectivity index (χ4v) is 2.98. The molecule has 0 aliphatic heterocycles. The van der Waals surface area contributed by atoms with Gasteiger partial charge in [-0.1, -0.05) is 18.2 Å². The molecule has 116 valence electrons. The van der Waals surface area contributed by atoms with E-state index in [-0.39, 0.29) is 0 Å². The Kier molecular flexibility index (Phi) is 3.39. The van der Waals surface area contributed by atoms with Gasteiger partial charge in [0.1, 0.15) is 0 Å². The summed E-state index contributed by atoms with van der Waals surface area (Å²) in [5.41, 5.74) is 5.81. The fourth-order valence-electron chi connectivity index (χ4n) is 2.98. The van der Waals surface area contributed by atoms with Gasteiger partial charge in [-0.05, 0) is 54.9 Å². The Bertz CT molecular complexity index is 962. The van der Waals surface area contributed by atoms with Crippen LogP contribution in [-0.2, 0) is 6.54 Å². The summed E-state index contributed by atoms with van der Waals surface area (Å²) in [6, 6.07) is 15.2. The maximum absolute atomic E-state index is 4.29. The summed E-state index contributed by atoms with van der Waals surface area (Å²) in [6.45, 7) is 2.04. The van der Waals surface area contributed by atoms with Gasteiger partial charge in [-0.25, -0.2) is 4.98 Å². The van der Waals surface area contributed by atoms with Crippen LogP contribution in [0.2, 0.25) is 0 Å². The number of hydrogen-bond acceptors (Lipinski definition) is 2. The number of aromatic nitrogens is 3. The van der Waals surface area contributed by atoms with Crippen LogP contribution in [-0.4, -0.2) is 40.1 Å². The maximum atomic E-state index is 4.29. The van der Waals surface area contributed by atoms with Crippen LogP contribution in [0.3, 0.4) is 0 Å². The van der Waals surface area contributed by atoms with Crippen molar-refractivity contribution in [3.63, 3.8) is 0 Å². The molecule has 4 heteroatoms. The summed E-state index contributed by atoms with van der Waals surface area (Å²) in [7, 11) is 4.22. The van der Waals surface area contributed by atoms with E-state index in [1.54, 1.807) is 6.33 Å². The van der Waals surface area contributed by atoms with E-state index in [2.05, 4.69) is 82.2 Å². The van der Waals surface area contributed by atoms with Gasteiger partial charge in [0.2, 0.25) is 0 Å². The first kappa shape index (κ1) is 14.0. The van der Waals surface area contributed by atoms with Crippen LogP contribution in [0.5, 0.6) is 0 Å². The number of aromatic amines is 1. The Hall–Kier alpha value is -2.59. The second-order valence-corrected chi connectivity index (χ2v) is 6.22. The summed E-state index contributed by atoms with van der Waals surface area (Å²) in [5, 5.41) is 1.29. The van der Waals surface area contributed by atoms with E-state index in [1.807, 2.05) is 0 Å². The normalized spacial score (nSPS) is 11.8. The summed E-state index contributed by atoms with van der Waals surface area (Å²) in [6.07, 6.45) is 3.92. The molecule has 0 bridgehead atoms. The zero-order valence-electron chi connectivity index (χ0n) is 13.5. The highest BCUT2D eigenvalue weighted by Crippen LogP contribution is 2.27. The van der Waals surface area contributed by atoms with E-state index < -0.39 is 0 Å². The molecule has 0 aliphatic rings. The number of nitrogens with one attached hydrogen (secondary N) is 1. The monoisotopic (exact) mass is 304 g/mol. The topological polar surface area (TPSA) is 36.9 Å². The van der Waals surface area contributed by atoms with E-state index in [1.165, 1.54) is 22.0 Å². The van der Waals surface area contributed by atoms with Gasteiger partial charge in [0, 0.05) is 24.8 Å². The van der Waals surface area contributed by atoms with Gasteiger partial charge in [0.15, 0.2) is 0 Å². The molecule has 2 aromatic carbocycles. The molecule has 4 aromatic rings. The van der Waals surface area contributed by atoms with Crippen LogP contribution in [0.25, 0.3) is 33.1 Å². The quantitative estimate of drug-likeness (QED) is 0.623. The van der Waals surface area contributed by atoms with Crippen molar-refractivity contribution in [3.05, 3.63) is 55.0 Å². The standard InChI is InChI=1S/C19H20N4/c1-22(2)9-10-23-8-7-14-3-4-16(12-19(14)23)15-5-6-17-18(11-15)21-13-20-17/h3-8,11-13H,9-10H2,1-2H3,(H,20,21).